The van der Waals surface area contributed by atoms with Gasteiger partial charge in [-0.15, -0.1) is 0 Å². The molecule has 1 aromatic rings. The molecule has 0 heterocycles. The maximum atomic E-state index is 10.5. The zero-order valence-corrected chi connectivity index (χ0v) is 7.14. The fourth-order valence-corrected chi connectivity index (χ4v) is 1.06. The van der Waals surface area contributed by atoms with E-state index in [-0.39, 0.29) is 6.54 Å². The van der Waals surface area contributed by atoms with Gasteiger partial charge in [0.1, 0.15) is 6.10 Å². The Labute approximate surface area is 76.5 Å². The summed E-state index contributed by atoms with van der Waals surface area (Å²) in [4.78, 5) is 10.5. The molecule has 0 aromatic heterocycles. The smallest absolute Gasteiger partial charge is 0.405 e. The van der Waals surface area contributed by atoms with E-state index in [1.165, 1.54) is 0 Å². The van der Waals surface area contributed by atoms with E-state index in [1.807, 2.05) is 30.3 Å². The summed E-state index contributed by atoms with van der Waals surface area (Å²) in [6.07, 6.45) is -1.25. The summed E-state index contributed by atoms with van der Waals surface area (Å²) in [5, 5.41) is 0. The number of hydrogen-bond donors (Lipinski definition) is 2. The van der Waals surface area contributed by atoms with Crippen LogP contribution in [0.1, 0.15) is 11.7 Å². The van der Waals surface area contributed by atoms with E-state index >= 15 is 0 Å². The molecule has 4 nitrogen and oxygen atoms in total. The van der Waals surface area contributed by atoms with Gasteiger partial charge < -0.3 is 16.2 Å². The highest BCUT2D eigenvalue weighted by atomic mass is 16.6. The van der Waals surface area contributed by atoms with Crippen molar-refractivity contribution < 1.29 is 9.53 Å². The van der Waals surface area contributed by atoms with Crippen molar-refractivity contribution in [3.8, 4) is 0 Å². The summed E-state index contributed by atoms with van der Waals surface area (Å²) in [6, 6.07) is 9.24. The molecule has 0 spiro atoms. The third-order valence-corrected chi connectivity index (χ3v) is 1.64. The topological polar surface area (TPSA) is 78.3 Å². The van der Waals surface area contributed by atoms with Crippen LogP contribution >= 0.6 is 0 Å². The highest BCUT2D eigenvalue weighted by Gasteiger charge is 2.11. The van der Waals surface area contributed by atoms with Gasteiger partial charge in [0.25, 0.3) is 0 Å². The maximum Gasteiger partial charge on any atom is 0.405 e. The highest BCUT2D eigenvalue weighted by Crippen LogP contribution is 2.14. The van der Waals surface area contributed by atoms with Gasteiger partial charge in [-0.2, -0.15) is 0 Å². The predicted molar refractivity (Wildman–Crippen MR) is 48.9 cm³/mol. The van der Waals surface area contributed by atoms with Gasteiger partial charge in [0.2, 0.25) is 0 Å². The first-order valence-electron chi connectivity index (χ1n) is 3.95. The number of primary amides is 1. The molecule has 13 heavy (non-hydrogen) atoms. The van der Waals surface area contributed by atoms with E-state index in [0.717, 1.165) is 5.56 Å². The van der Waals surface area contributed by atoms with Crippen LogP contribution in [0.5, 0.6) is 0 Å². The minimum absolute atomic E-state index is 0.229. The second-order valence-corrected chi connectivity index (χ2v) is 2.57. The van der Waals surface area contributed by atoms with Gasteiger partial charge in [-0.3, -0.25) is 0 Å². The number of ether oxygens (including phenoxy) is 1. The lowest BCUT2D eigenvalue weighted by molar-refractivity contribution is 0.111. The molecule has 4 heteroatoms. The second kappa shape index (κ2) is 4.47. The first-order valence-corrected chi connectivity index (χ1v) is 3.95. The maximum absolute atomic E-state index is 10.5. The molecular formula is C9H12N2O2. The lowest BCUT2D eigenvalue weighted by Crippen LogP contribution is -2.22. The number of carbonyl (C=O) groups is 1. The number of nitrogens with two attached hydrogens (primary N) is 2. The highest BCUT2D eigenvalue weighted by molar-refractivity contribution is 5.65. The Kier molecular flexibility index (Phi) is 3.28. The monoisotopic (exact) mass is 180 g/mol. The molecule has 1 aromatic carbocycles. The summed E-state index contributed by atoms with van der Waals surface area (Å²) in [6.45, 7) is 0.229. The standard InChI is InChI=1S/C9H12N2O2/c10-6-8(13-9(11)12)7-4-2-1-3-5-7/h1-5,8H,6,10H2,(H2,11,12)/t8-/m1/s1. The summed E-state index contributed by atoms with van der Waals surface area (Å²) in [5.41, 5.74) is 11.2. The molecule has 0 radical (unpaired) electrons. The zero-order chi connectivity index (χ0) is 9.68. The van der Waals surface area contributed by atoms with Crippen molar-refractivity contribution in [2.75, 3.05) is 6.54 Å². The third-order valence-electron chi connectivity index (χ3n) is 1.64. The molecule has 0 aliphatic heterocycles. The summed E-state index contributed by atoms with van der Waals surface area (Å²) < 4.78 is 4.80. The Morgan fingerprint density at radius 1 is 1.38 bits per heavy atom. The molecule has 1 rings (SSSR count). The summed E-state index contributed by atoms with van der Waals surface area (Å²) in [7, 11) is 0. The van der Waals surface area contributed by atoms with E-state index in [0.29, 0.717) is 0 Å². The predicted octanol–water partition coefficient (Wildman–Crippen LogP) is 0.782. The van der Waals surface area contributed by atoms with Gasteiger partial charge in [-0.05, 0) is 5.56 Å². The molecule has 1 amide bonds. The number of benzene rings is 1. The Hall–Kier alpha value is -1.55. The van der Waals surface area contributed by atoms with Crippen LogP contribution in [0.4, 0.5) is 4.79 Å². The van der Waals surface area contributed by atoms with Crippen LogP contribution in [0.25, 0.3) is 0 Å². The molecule has 0 aliphatic carbocycles. The van der Waals surface area contributed by atoms with Crippen LogP contribution in [-0.2, 0) is 4.74 Å². The van der Waals surface area contributed by atoms with Crippen molar-refractivity contribution in [2.45, 2.75) is 6.10 Å². The van der Waals surface area contributed by atoms with Gasteiger partial charge in [-0.25, -0.2) is 4.79 Å². The van der Waals surface area contributed by atoms with E-state index in [9.17, 15) is 4.79 Å². The fraction of sp³-hybridized carbons (Fsp3) is 0.222. The number of amides is 1. The first-order chi connectivity index (χ1) is 6.24. The molecule has 0 saturated carbocycles. The second-order valence-electron chi connectivity index (χ2n) is 2.57. The third kappa shape index (κ3) is 2.76. The largest absolute Gasteiger partial charge is 0.440 e. The molecule has 0 fully saturated rings. The molecule has 0 saturated heterocycles. The van der Waals surface area contributed by atoms with E-state index in [1.54, 1.807) is 0 Å². The minimum atomic E-state index is -0.806. The first kappa shape index (κ1) is 9.54. The lowest BCUT2D eigenvalue weighted by Gasteiger charge is -2.14. The van der Waals surface area contributed by atoms with Gasteiger partial charge in [0.05, 0.1) is 0 Å². The quantitative estimate of drug-likeness (QED) is 0.721. The van der Waals surface area contributed by atoms with Crippen molar-refractivity contribution in [1.82, 2.24) is 0 Å². The average molecular weight is 180 g/mol. The van der Waals surface area contributed by atoms with Crippen LogP contribution in [0.15, 0.2) is 30.3 Å². The van der Waals surface area contributed by atoms with Crippen molar-refractivity contribution in [3.63, 3.8) is 0 Å². The average Bonchev–Trinajstić information content (AvgIpc) is 2.15. The minimum Gasteiger partial charge on any atom is -0.440 e. The Balaban J connectivity index is 2.73. The van der Waals surface area contributed by atoms with Gasteiger partial charge in [0.15, 0.2) is 0 Å². The lowest BCUT2D eigenvalue weighted by atomic mass is 10.1. The summed E-state index contributed by atoms with van der Waals surface area (Å²) >= 11 is 0. The Bertz CT molecular complexity index is 274. The molecular weight excluding hydrogens is 168 g/mol. The number of carbonyl (C=O) groups excluding carboxylic acids is 1. The zero-order valence-electron chi connectivity index (χ0n) is 7.14. The van der Waals surface area contributed by atoms with Gasteiger partial charge in [-0.1, -0.05) is 30.3 Å². The van der Waals surface area contributed by atoms with E-state index < -0.39 is 12.2 Å². The van der Waals surface area contributed by atoms with E-state index in [4.69, 9.17) is 16.2 Å². The van der Waals surface area contributed by atoms with Crippen LogP contribution in [0.2, 0.25) is 0 Å². The van der Waals surface area contributed by atoms with Crippen molar-refractivity contribution in [1.29, 1.82) is 0 Å². The SMILES string of the molecule is NC[C@@H](OC(N)=O)c1ccccc1. The van der Waals surface area contributed by atoms with Crippen LogP contribution < -0.4 is 11.5 Å². The fourth-order valence-electron chi connectivity index (χ4n) is 1.06. The van der Waals surface area contributed by atoms with Crippen LogP contribution in [-0.4, -0.2) is 12.6 Å². The summed E-state index contributed by atoms with van der Waals surface area (Å²) in [5.74, 6) is 0. The molecule has 4 N–H and O–H groups in total. The molecule has 0 bridgehead atoms. The van der Waals surface area contributed by atoms with Crippen molar-refractivity contribution in [2.24, 2.45) is 11.5 Å². The van der Waals surface area contributed by atoms with E-state index in [2.05, 4.69) is 0 Å². The number of hydrogen-bond acceptors (Lipinski definition) is 3. The van der Waals surface area contributed by atoms with Crippen LogP contribution in [0.3, 0.4) is 0 Å². The van der Waals surface area contributed by atoms with Crippen molar-refractivity contribution in [3.05, 3.63) is 35.9 Å². The van der Waals surface area contributed by atoms with Crippen LogP contribution in [0, 0.1) is 0 Å². The molecule has 0 unspecified atom stereocenters. The number of rotatable bonds is 3. The molecule has 0 aliphatic rings. The molecule has 70 valence electrons. The van der Waals surface area contributed by atoms with Crippen molar-refractivity contribution >= 4 is 6.09 Å². The Morgan fingerprint density at radius 2 is 2.00 bits per heavy atom. The normalized spacial score (nSPS) is 12.1. The molecule has 1 atom stereocenters. The Morgan fingerprint density at radius 3 is 2.46 bits per heavy atom. The van der Waals surface area contributed by atoms with Gasteiger partial charge >= 0.3 is 6.09 Å². The van der Waals surface area contributed by atoms with Gasteiger partial charge in [0, 0.05) is 6.54 Å².